The SMILES string of the molecule is O=C1Nc2ccccc2C1C(=Nc1ccc(OCCN2CCCCC2)cc1)c1ccccc1. The number of nitrogens with zero attached hydrogens (tertiary/aromatic N) is 2. The van der Waals surface area contributed by atoms with Crippen LogP contribution >= 0.6 is 0 Å². The van der Waals surface area contributed by atoms with Crippen molar-refractivity contribution < 1.29 is 9.53 Å². The lowest BCUT2D eigenvalue weighted by atomic mass is 9.90. The molecule has 1 fully saturated rings. The van der Waals surface area contributed by atoms with Crippen LogP contribution in [0.25, 0.3) is 0 Å². The van der Waals surface area contributed by atoms with E-state index in [-0.39, 0.29) is 5.91 Å². The standard InChI is InChI=1S/C28H29N3O2/c32-28-26(24-11-5-6-12-25(24)30-28)27(21-9-3-1-4-10-21)29-22-13-15-23(16-14-22)33-20-19-31-17-7-2-8-18-31/h1,3-6,9-16,26H,2,7-8,17-20H2,(H,30,32). The van der Waals surface area contributed by atoms with Gasteiger partial charge in [-0.3, -0.25) is 14.7 Å². The molecule has 1 unspecified atom stereocenters. The quantitative estimate of drug-likeness (QED) is 0.501. The summed E-state index contributed by atoms with van der Waals surface area (Å²) in [5.74, 6) is 0.358. The van der Waals surface area contributed by atoms with E-state index in [1.807, 2.05) is 78.9 Å². The fourth-order valence-electron chi connectivity index (χ4n) is 4.62. The average molecular weight is 440 g/mol. The minimum atomic E-state index is -0.441. The van der Waals surface area contributed by atoms with E-state index in [0.29, 0.717) is 6.61 Å². The van der Waals surface area contributed by atoms with Crippen molar-refractivity contribution in [1.82, 2.24) is 4.90 Å². The lowest BCUT2D eigenvalue weighted by Crippen LogP contribution is -2.33. The summed E-state index contributed by atoms with van der Waals surface area (Å²) in [6.45, 7) is 4.01. The van der Waals surface area contributed by atoms with Crippen LogP contribution in [0.4, 0.5) is 11.4 Å². The maximum atomic E-state index is 12.9. The van der Waals surface area contributed by atoms with Gasteiger partial charge in [0, 0.05) is 12.2 Å². The molecular formula is C28H29N3O2. The Morgan fingerprint density at radius 1 is 0.909 bits per heavy atom. The van der Waals surface area contributed by atoms with Gasteiger partial charge in [0.05, 0.1) is 11.4 Å². The highest BCUT2D eigenvalue weighted by molar-refractivity contribution is 6.24. The van der Waals surface area contributed by atoms with Crippen molar-refractivity contribution in [1.29, 1.82) is 0 Å². The summed E-state index contributed by atoms with van der Waals surface area (Å²) in [5, 5.41) is 3.00. The highest BCUT2D eigenvalue weighted by atomic mass is 16.5. The molecule has 0 aliphatic carbocycles. The summed E-state index contributed by atoms with van der Waals surface area (Å²) in [5.41, 5.74) is 4.30. The zero-order chi connectivity index (χ0) is 22.5. The van der Waals surface area contributed by atoms with Gasteiger partial charge in [0.2, 0.25) is 5.91 Å². The number of nitrogens with one attached hydrogen (secondary N) is 1. The molecule has 1 saturated heterocycles. The molecule has 5 rings (SSSR count). The van der Waals surface area contributed by atoms with Gasteiger partial charge in [0.15, 0.2) is 0 Å². The third kappa shape index (κ3) is 4.99. The van der Waals surface area contributed by atoms with Crippen molar-refractivity contribution in [2.24, 2.45) is 4.99 Å². The van der Waals surface area contributed by atoms with Crippen LogP contribution in [-0.2, 0) is 4.79 Å². The van der Waals surface area contributed by atoms with Crippen LogP contribution < -0.4 is 10.1 Å². The van der Waals surface area contributed by atoms with Crippen LogP contribution in [0, 0.1) is 0 Å². The van der Waals surface area contributed by atoms with Crippen LogP contribution in [0.3, 0.4) is 0 Å². The molecule has 0 aromatic heterocycles. The van der Waals surface area contributed by atoms with E-state index in [1.165, 1.54) is 32.4 Å². The van der Waals surface area contributed by atoms with E-state index in [0.717, 1.165) is 40.5 Å². The number of ether oxygens (including phenoxy) is 1. The molecule has 2 heterocycles. The monoisotopic (exact) mass is 439 g/mol. The van der Waals surface area contributed by atoms with Gasteiger partial charge < -0.3 is 10.1 Å². The van der Waals surface area contributed by atoms with Crippen LogP contribution in [-0.4, -0.2) is 42.8 Å². The number of fused-ring (bicyclic) bond motifs is 1. The third-order valence-corrected chi connectivity index (χ3v) is 6.35. The van der Waals surface area contributed by atoms with Gasteiger partial charge in [-0.15, -0.1) is 0 Å². The molecule has 0 saturated carbocycles. The topological polar surface area (TPSA) is 53.9 Å². The van der Waals surface area contributed by atoms with Crippen molar-refractivity contribution in [3.63, 3.8) is 0 Å². The van der Waals surface area contributed by atoms with E-state index in [9.17, 15) is 4.79 Å². The second kappa shape index (κ2) is 10.0. The average Bonchev–Trinajstić information content (AvgIpc) is 3.20. The van der Waals surface area contributed by atoms with E-state index < -0.39 is 5.92 Å². The first-order valence-electron chi connectivity index (χ1n) is 11.8. The highest BCUT2D eigenvalue weighted by Crippen LogP contribution is 2.36. The normalized spacial score (nSPS) is 18.6. The van der Waals surface area contributed by atoms with Crippen LogP contribution in [0.5, 0.6) is 5.75 Å². The maximum Gasteiger partial charge on any atom is 0.238 e. The zero-order valence-corrected chi connectivity index (χ0v) is 18.7. The predicted molar refractivity (Wildman–Crippen MR) is 133 cm³/mol. The molecule has 1 atom stereocenters. The molecular weight excluding hydrogens is 410 g/mol. The Morgan fingerprint density at radius 2 is 1.64 bits per heavy atom. The molecule has 5 heteroatoms. The Labute approximate surface area is 195 Å². The smallest absolute Gasteiger partial charge is 0.238 e. The minimum absolute atomic E-state index is 0.0449. The Morgan fingerprint density at radius 3 is 2.42 bits per heavy atom. The van der Waals surface area contributed by atoms with Crippen molar-refractivity contribution in [2.45, 2.75) is 25.2 Å². The van der Waals surface area contributed by atoms with Gasteiger partial charge >= 0.3 is 0 Å². The number of para-hydroxylation sites is 1. The highest BCUT2D eigenvalue weighted by Gasteiger charge is 2.35. The summed E-state index contributed by atoms with van der Waals surface area (Å²) in [4.78, 5) is 20.3. The van der Waals surface area contributed by atoms with E-state index in [1.54, 1.807) is 0 Å². The van der Waals surface area contributed by atoms with Gasteiger partial charge in [-0.2, -0.15) is 0 Å². The number of hydrogen-bond acceptors (Lipinski definition) is 4. The number of aliphatic imine (C=N–C) groups is 1. The molecule has 3 aromatic rings. The number of carbonyl (C=O) groups is 1. The van der Waals surface area contributed by atoms with Crippen molar-refractivity contribution >= 4 is 23.0 Å². The van der Waals surface area contributed by atoms with Crippen LogP contribution in [0.1, 0.15) is 36.3 Å². The lowest BCUT2D eigenvalue weighted by Gasteiger charge is -2.26. The molecule has 0 radical (unpaired) electrons. The van der Waals surface area contributed by atoms with Crippen molar-refractivity contribution in [2.75, 3.05) is 31.6 Å². The van der Waals surface area contributed by atoms with Gasteiger partial charge in [0.25, 0.3) is 0 Å². The first kappa shape index (κ1) is 21.4. The molecule has 168 valence electrons. The van der Waals surface area contributed by atoms with E-state index in [4.69, 9.17) is 9.73 Å². The summed E-state index contributed by atoms with van der Waals surface area (Å²) >= 11 is 0. The Kier molecular flexibility index (Phi) is 6.49. The third-order valence-electron chi connectivity index (χ3n) is 6.35. The van der Waals surface area contributed by atoms with Crippen LogP contribution in [0.15, 0.2) is 83.9 Å². The Balaban J connectivity index is 1.36. The summed E-state index contributed by atoms with van der Waals surface area (Å²) < 4.78 is 5.96. The number of hydrogen-bond donors (Lipinski definition) is 1. The second-order valence-corrected chi connectivity index (χ2v) is 8.62. The number of anilines is 1. The molecule has 0 bridgehead atoms. The summed E-state index contributed by atoms with van der Waals surface area (Å²) in [6.07, 6.45) is 3.93. The molecule has 0 spiro atoms. The number of piperidine rings is 1. The second-order valence-electron chi connectivity index (χ2n) is 8.62. The number of benzene rings is 3. The van der Waals surface area contributed by atoms with Gasteiger partial charge in [-0.1, -0.05) is 55.0 Å². The molecule has 2 aliphatic rings. The number of carbonyl (C=O) groups excluding carboxylic acids is 1. The molecule has 1 amide bonds. The van der Waals surface area contributed by atoms with Crippen LogP contribution in [0.2, 0.25) is 0 Å². The molecule has 33 heavy (non-hydrogen) atoms. The largest absolute Gasteiger partial charge is 0.492 e. The number of rotatable bonds is 7. The molecule has 3 aromatic carbocycles. The van der Waals surface area contributed by atoms with Gasteiger partial charge in [-0.25, -0.2) is 0 Å². The molecule has 5 nitrogen and oxygen atoms in total. The minimum Gasteiger partial charge on any atom is -0.492 e. The van der Waals surface area contributed by atoms with Gasteiger partial charge in [-0.05, 0) is 67.4 Å². The van der Waals surface area contributed by atoms with Crippen molar-refractivity contribution in [3.8, 4) is 5.75 Å². The predicted octanol–water partition coefficient (Wildman–Crippen LogP) is 5.41. The number of amides is 1. The van der Waals surface area contributed by atoms with E-state index >= 15 is 0 Å². The lowest BCUT2D eigenvalue weighted by molar-refractivity contribution is -0.115. The van der Waals surface area contributed by atoms with Gasteiger partial charge in [0.1, 0.15) is 18.3 Å². The summed E-state index contributed by atoms with van der Waals surface area (Å²) in [6, 6.07) is 25.6. The maximum absolute atomic E-state index is 12.9. The van der Waals surface area contributed by atoms with E-state index in [2.05, 4.69) is 10.2 Å². The fourth-order valence-corrected chi connectivity index (χ4v) is 4.62. The summed E-state index contributed by atoms with van der Waals surface area (Å²) in [7, 11) is 0. The number of likely N-dealkylation sites (tertiary alicyclic amines) is 1. The fraction of sp³-hybridized carbons (Fsp3) is 0.286. The zero-order valence-electron chi connectivity index (χ0n) is 18.7. The molecule has 2 aliphatic heterocycles. The molecule has 1 N–H and O–H groups in total. The first-order valence-corrected chi connectivity index (χ1v) is 11.8. The Bertz CT molecular complexity index is 1120. The van der Waals surface area contributed by atoms with Crippen molar-refractivity contribution in [3.05, 3.63) is 90.0 Å². The Hall–Kier alpha value is -3.44. The first-order chi connectivity index (χ1) is 16.3.